The lowest BCUT2D eigenvalue weighted by Crippen LogP contribution is -2.36. The third kappa shape index (κ3) is 5.10. The first-order valence-corrected chi connectivity index (χ1v) is 8.97. The lowest BCUT2D eigenvalue weighted by molar-refractivity contribution is -0.119. The number of fused-ring (bicyclic) bond motifs is 1. The molecule has 2 fully saturated rings. The van der Waals surface area contributed by atoms with E-state index in [0.717, 1.165) is 37.9 Å². The number of hydrogen-bond donors (Lipinski definition) is 2. The fourth-order valence-corrected chi connectivity index (χ4v) is 4.53. The molecule has 2 N–H and O–H groups in total. The molecular weight excluding hydrogens is 302 g/mol. The summed E-state index contributed by atoms with van der Waals surface area (Å²) in [5, 5.41) is 9.85. The molecule has 2 rings (SSSR count). The van der Waals surface area contributed by atoms with E-state index in [-0.39, 0.29) is 18.1 Å². The van der Waals surface area contributed by atoms with Crippen molar-refractivity contribution in [1.29, 1.82) is 0 Å². The van der Waals surface area contributed by atoms with Crippen LogP contribution in [0.2, 0.25) is 0 Å². The Hall–Kier alpha value is -1.40. The SMILES string of the molecule is [N-]=[N+]=NCCCCC(=O)CCCCC1SCC2NC(=O)NC21. The number of nitrogens with zero attached hydrogens (tertiary/aromatic N) is 3. The van der Waals surface area contributed by atoms with E-state index in [9.17, 15) is 9.59 Å². The smallest absolute Gasteiger partial charge is 0.315 e. The third-order valence-corrected chi connectivity index (χ3v) is 5.67. The molecule has 0 aromatic heterocycles. The number of thioether (sulfide) groups is 1. The largest absolute Gasteiger partial charge is 0.332 e. The van der Waals surface area contributed by atoms with E-state index in [1.807, 2.05) is 11.8 Å². The summed E-state index contributed by atoms with van der Waals surface area (Å²) in [7, 11) is 0. The van der Waals surface area contributed by atoms with Crippen LogP contribution in [-0.4, -0.2) is 41.4 Å². The van der Waals surface area contributed by atoms with Crippen molar-refractivity contribution in [1.82, 2.24) is 10.6 Å². The molecule has 2 amide bonds. The number of unbranched alkanes of at least 4 members (excludes halogenated alkanes) is 2. The summed E-state index contributed by atoms with van der Waals surface area (Å²) < 4.78 is 0. The van der Waals surface area contributed by atoms with Gasteiger partial charge in [-0.05, 0) is 31.2 Å². The molecule has 0 aliphatic carbocycles. The minimum absolute atomic E-state index is 0.0452. The van der Waals surface area contributed by atoms with Crippen molar-refractivity contribution in [2.75, 3.05) is 12.3 Å². The molecule has 122 valence electrons. The number of hydrogen-bond acceptors (Lipinski definition) is 4. The minimum Gasteiger partial charge on any atom is -0.332 e. The van der Waals surface area contributed by atoms with Gasteiger partial charge in [-0.1, -0.05) is 11.5 Å². The molecule has 8 heteroatoms. The first kappa shape index (κ1) is 17.0. The summed E-state index contributed by atoms with van der Waals surface area (Å²) >= 11 is 1.91. The van der Waals surface area contributed by atoms with Gasteiger partial charge in [0.2, 0.25) is 0 Å². The van der Waals surface area contributed by atoms with Crippen LogP contribution >= 0.6 is 11.8 Å². The second-order valence-corrected chi connectivity index (χ2v) is 7.09. The normalized spacial score (nSPS) is 26.0. The number of ketones is 1. The second kappa shape index (κ2) is 8.90. The highest BCUT2D eigenvalue weighted by atomic mass is 32.2. The average molecular weight is 325 g/mol. The Morgan fingerprint density at radius 3 is 2.82 bits per heavy atom. The molecule has 0 saturated carbocycles. The zero-order chi connectivity index (χ0) is 15.8. The van der Waals surface area contributed by atoms with Crippen LogP contribution in [0.5, 0.6) is 0 Å². The first-order valence-electron chi connectivity index (χ1n) is 7.92. The number of azide groups is 1. The van der Waals surface area contributed by atoms with Crippen LogP contribution in [-0.2, 0) is 4.79 Å². The molecule has 3 unspecified atom stereocenters. The fraction of sp³-hybridized carbons (Fsp3) is 0.857. The van der Waals surface area contributed by atoms with Crippen LogP contribution in [0.3, 0.4) is 0 Å². The molecule has 2 aliphatic heterocycles. The van der Waals surface area contributed by atoms with Crippen molar-refractivity contribution in [2.45, 2.75) is 62.3 Å². The summed E-state index contributed by atoms with van der Waals surface area (Å²) in [5.74, 6) is 1.28. The Labute approximate surface area is 134 Å². The van der Waals surface area contributed by atoms with Crippen LogP contribution in [0.4, 0.5) is 4.79 Å². The highest BCUT2D eigenvalue weighted by molar-refractivity contribution is 8.00. The van der Waals surface area contributed by atoms with E-state index in [2.05, 4.69) is 20.7 Å². The fourth-order valence-electron chi connectivity index (χ4n) is 2.99. The van der Waals surface area contributed by atoms with E-state index in [1.165, 1.54) is 0 Å². The van der Waals surface area contributed by atoms with Gasteiger partial charge in [-0.3, -0.25) is 4.79 Å². The predicted octanol–water partition coefficient (Wildman–Crippen LogP) is 2.76. The van der Waals surface area contributed by atoms with Gasteiger partial charge < -0.3 is 10.6 Å². The number of carbonyl (C=O) groups is 2. The van der Waals surface area contributed by atoms with Gasteiger partial charge >= 0.3 is 6.03 Å². The highest BCUT2D eigenvalue weighted by Gasteiger charge is 2.42. The van der Waals surface area contributed by atoms with Gasteiger partial charge in [-0.2, -0.15) is 11.8 Å². The number of carbonyl (C=O) groups excluding carboxylic acids is 2. The van der Waals surface area contributed by atoms with Crippen molar-refractivity contribution in [3.05, 3.63) is 10.4 Å². The number of Topliss-reactive ketones (excluding diaryl/α,β-unsaturated/α-hetero) is 1. The van der Waals surface area contributed by atoms with Crippen LogP contribution in [0.25, 0.3) is 10.4 Å². The number of rotatable bonds is 10. The lowest BCUT2D eigenvalue weighted by Gasteiger charge is -2.16. The molecule has 0 aromatic carbocycles. The first-order chi connectivity index (χ1) is 10.7. The molecule has 2 saturated heterocycles. The molecule has 7 nitrogen and oxygen atoms in total. The molecule has 3 atom stereocenters. The summed E-state index contributed by atoms with van der Waals surface area (Å²) in [6, 6.07) is 0.491. The maximum atomic E-state index is 11.7. The van der Waals surface area contributed by atoms with E-state index in [1.54, 1.807) is 0 Å². The Kier molecular flexibility index (Phi) is 6.86. The lowest BCUT2D eigenvalue weighted by atomic mass is 10.0. The molecule has 0 spiro atoms. The molecule has 2 heterocycles. The summed E-state index contributed by atoms with van der Waals surface area (Å²) in [5.41, 5.74) is 8.14. The van der Waals surface area contributed by atoms with Crippen molar-refractivity contribution in [2.24, 2.45) is 5.11 Å². The van der Waals surface area contributed by atoms with Gasteiger partial charge in [0, 0.05) is 35.3 Å². The monoisotopic (exact) mass is 325 g/mol. The van der Waals surface area contributed by atoms with Crippen LogP contribution in [0, 0.1) is 0 Å². The van der Waals surface area contributed by atoms with E-state index in [0.29, 0.717) is 30.4 Å². The second-order valence-electron chi connectivity index (χ2n) is 5.82. The summed E-state index contributed by atoms with van der Waals surface area (Å²) in [6.45, 7) is 0.477. The quantitative estimate of drug-likeness (QED) is 0.212. The van der Waals surface area contributed by atoms with E-state index in [4.69, 9.17) is 5.53 Å². The van der Waals surface area contributed by atoms with Gasteiger partial charge in [0.1, 0.15) is 5.78 Å². The summed E-state index contributed by atoms with van der Waals surface area (Å²) in [4.78, 5) is 25.7. The third-order valence-electron chi connectivity index (χ3n) is 4.16. The average Bonchev–Trinajstić information content (AvgIpc) is 3.03. The van der Waals surface area contributed by atoms with Gasteiger partial charge in [0.05, 0.1) is 12.1 Å². The van der Waals surface area contributed by atoms with E-state index >= 15 is 0 Å². The highest BCUT2D eigenvalue weighted by Crippen LogP contribution is 2.33. The Balaban J connectivity index is 1.51. The topological polar surface area (TPSA) is 107 Å². The van der Waals surface area contributed by atoms with Crippen LogP contribution in [0.15, 0.2) is 5.11 Å². The summed E-state index contributed by atoms with van der Waals surface area (Å²) in [6.07, 6.45) is 5.81. The number of urea groups is 1. The molecule has 0 radical (unpaired) electrons. The molecule has 0 aromatic rings. The van der Waals surface area contributed by atoms with Gasteiger partial charge in [0.25, 0.3) is 0 Å². The number of nitrogens with one attached hydrogen (secondary N) is 2. The zero-order valence-corrected chi connectivity index (χ0v) is 13.5. The van der Waals surface area contributed by atoms with E-state index < -0.39 is 0 Å². The number of amides is 2. The minimum atomic E-state index is -0.0452. The Bertz CT molecular complexity index is 453. The maximum absolute atomic E-state index is 11.7. The standard InChI is InChI=1S/C14H23N5O2S/c15-19-16-8-4-3-6-10(20)5-1-2-7-12-13-11(9-22-12)17-14(21)18-13/h11-13H,1-9H2,(H2,17,18,21). The van der Waals surface area contributed by atoms with Gasteiger partial charge in [0.15, 0.2) is 0 Å². The van der Waals surface area contributed by atoms with Crippen LogP contribution in [0.1, 0.15) is 44.9 Å². The van der Waals surface area contributed by atoms with Crippen LogP contribution < -0.4 is 10.6 Å². The molecule has 2 aliphatic rings. The Morgan fingerprint density at radius 1 is 1.27 bits per heavy atom. The van der Waals surface area contributed by atoms with Gasteiger partial charge in [-0.15, -0.1) is 0 Å². The van der Waals surface area contributed by atoms with Crippen molar-refractivity contribution < 1.29 is 9.59 Å². The molecule has 0 bridgehead atoms. The zero-order valence-electron chi connectivity index (χ0n) is 12.7. The van der Waals surface area contributed by atoms with Gasteiger partial charge in [-0.25, -0.2) is 4.79 Å². The predicted molar refractivity (Wildman–Crippen MR) is 86.8 cm³/mol. The Morgan fingerprint density at radius 2 is 2.05 bits per heavy atom. The van der Waals surface area contributed by atoms with Crippen molar-refractivity contribution >= 4 is 23.6 Å². The maximum Gasteiger partial charge on any atom is 0.315 e. The van der Waals surface area contributed by atoms with Crippen molar-refractivity contribution in [3.8, 4) is 0 Å². The van der Waals surface area contributed by atoms with Crippen molar-refractivity contribution in [3.63, 3.8) is 0 Å². The molecular formula is C14H23N5O2S. The molecule has 22 heavy (non-hydrogen) atoms.